The van der Waals surface area contributed by atoms with Crippen molar-refractivity contribution in [2.24, 2.45) is 5.92 Å². The monoisotopic (exact) mass is 257 g/mol. The quantitative estimate of drug-likeness (QED) is 0.842. The predicted molar refractivity (Wildman–Crippen MR) is 63.9 cm³/mol. The van der Waals surface area contributed by atoms with Gasteiger partial charge in [-0.25, -0.2) is 8.78 Å². The molecule has 0 saturated heterocycles. The van der Waals surface area contributed by atoms with Gasteiger partial charge in [-0.1, -0.05) is 19.9 Å². The number of hydrogen-bond donors (Lipinski definition) is 2. The van der Waals surface area contributed by atoms with E-state index in [2.05, 4.69) is 5.32 Å². The summed E-state index contributed by atoms with van der Waals surface area (Å²) >= 11 is 0. The molecule has 2 N–H and O–H groups in total. The third-order valence-electron chi connectivity index (χ3n) is 2.64. The second-order valence-corrected chi connectivity index (χ2v) is 4.53. The summed E-state index contributed by atoms with van der Waals surface area (Å²) in [6, 6.07) is 3.09. The molecular weight excluding hydrogens is 240 g/mol. The Hall–Kier alpha value is -1.49. The molecular formula is C13H17F2NO2. The Balaban J connectivity index is 2.50. The van der Waals surface area contributed by atoms with Gasteiger partial charge in [0.2, 0.25) is 5.91 Å². The molecule has 0 spiro atoms. The molecule has 1 aromatic rings. The molecule has 0 aliphatic heterocycles. The van der Waals surface area contributed by atoms with E-state index in [1.807, 2.05) is 13.8 Å². The molecule has 1 atom stereocenters. The van der Waals surface area contributed by atoms with Crippen LogP contribution >= 0.6 is 0 Å². The summed E-state index contributed by atoms with van der Waals surface area (Å²) in [5.41, 5.74) is 0.132. The van der Waals surface area contributed by atoms with Crippen LogP contribution in [-0.4, -0.2) is 23.7 Å². The van der Waals surface area contributed by atoms with Gasteiger partial charge in [0.25, 0.3) is 0 Å². The molecule has 0 aliphatic rings. The number of benzene rings is 1. The van der Waals surface area contributed by atoms with Gasteiger partial charge in [-0.15, -0.1) is 0 Å². The number of nitrogens with one attached hydrogen (secondary N) is 1. The first kappa shape index (κ1) is 14.6. The number of carbonyl (C=O) groups excluding carboxylic acids is 1. The minimum atomic E-state index is -0.741. The van der Waals surface area contributed by atoms with Crippen molar-refractivity contribution in [2.75, 3.05) is 6.54 Å². The van der Waals surface area contributed by atoms with Crippen molar-refractivity contribution >= 4 is 5.91 Å². The number of carbonyl (C=O) groups is 1. The molecule has 0 radical (unpaired) electrons. The van der Waals surface area contributed by atoms with Crippen molar-refractivity contribution in [3.63, 3.8) is 0 Å². The first-order valence-corrected chi connectivity index (χ1v) is 5.79. The van der Waals surface area contributed by atoms with E-state index in [9.17, 15) is 18.7 Å². The van der Waals surface area contributed by atoms with Gasteiger partial charge in [0.1, 0.15) is 11.6 Å². The molecule has 0 saturated carbocycles. The molecule has 0 fully saturated rings. The minimum Gasteiger partial charge on any atom is -0.391 e. The van der Waals surface area contributed by atoms with Crippen molar-refractivity contribution in [3.8, 4) is 0 Å². The fraction of sp³-hybridized carbons (Fsp3) is 0.462. The Morgan fingerprint density at radius 3 is 2.61 bits per heavy atom. The number of aliphatic hydroxyl groups is 1. The van der Waals surface area contributed by atoms with Gasteiger partial charge in [0, 0.05) is 12.6 Å². The molecule has 0 bridgehead atoms. The van der Waals surface area contributed by atoms with Crippen LogP contribution in [-0.2, 0) is 11.2 Å². The Labute approximate surface area is 105 Å². The van der Waals surface area contributed by atoms with E-state index in [1.165, 1.54) is 6.07 Å². The molecule has 1 aromatic carbocycles. The van der Waals surface area contributed by atoms with Crippen LogP contribution in [0.1, 0.15) is 19.4 Å². The maximum absolute atomic E-state index is 13.3. The smallest absolute Gasteiger partial charge is 0.224 e. The zero-order valence-corrected chi connectivity index (χ0v) is 10.4. The van der Waals surface area contributed by atoms with Gasteiger partial charge >= 0.3 is 0 Å². The molecule has 1 rings (SSSR count). The van der Waals surface area contributed by atoms with Gasteiger partial charge in [-0.2, -0.15) is 0 Å². The van der Waals surface area contributed by atoms with Crippen LogP contribution in [0.2, 0.25) is 0 Å². The molecule has 1 amide bonds. The number of hydrogen-bond acceptors (Lipinski definition) is 2. The van der Waals surface area contributed by atoms with Crippen LogP contribution < -0.4 is 5.32 Å². The molecule has 18 heavy (non-hydrogen) atoms. The lowest BCUT2D eigenvalue weighted by Crippen LogP contribution is -2.35. The van der Waals surface area contributed by atoms with E-state index < -0.39 is 23.6 Å². The van der Waals surface area contributed by atoms with Crippen molar-refractivity contribution < 1.29 is 18.7 Å². The number of amides is 1. The molecule has 1 unspecified atom stereocenters. The van der Waals surface area contributed by atoms with Crippen molar-refractivity contribution in [3.05, 3.63) is 35.4 Å². The zero-order valence-electron chi connectivity index (χ0n) is 10.4. The van der Waals surface area contributed by atoms with Crippen molar-refractivity contribution in [2.45, 2.75) is 26.4 Å². The Morgan fingerprint density at radius 1 is 1.39 bits per heavy atom. The van der Waals surface area contributed by atoms with E-state index in [4.69, 9.17) is 0 Å². The lowest BCUT2D eigenvalue weighted by Gasteiger charge is -2.15. The summed E-state index contributed by atoms with van der Waals surface area (Å²) in [5.74, 6) is -1.78. The predicted octanol–water partition coefficient (Wildman–Crippen LogP) is 1.64. The highest BCUT2D eigenvalue weighted by molar-refractivity contribution is 5.78. The first-order chi connectivity index (χ1) is 8.40. The van der Waals surface area contributed by atoms with E-state index >= 15 is 0 Å². The lowest BCUT2D eigenvalue weighted by atomic mass is 10.1. The van der Waals surface area contributed by atoms with Crippen LogP contribution in [0.3, 0.4) is 0 Å². The molecule has 100 valence electrons. The van der Waals surface area contributed by atoms with Crippen molar-refractivity contribution in [1.82, 2.24) is 5.32 Å². The zero-order chi connectivity index (χ0) is 13.7. The summed E-state index contributed by atoms with van der Waals surface area (Å²) in [5, 5.41) is 12.0. The average molecular weight is 257 g/mol. The van der Waals surface area contributed by atoms with Gasteiger partial charge in [-0.3, -0.25) is 4.79 Å². The third kappa shape index (κ3) is 4.41. The minimum absolute atomic E-state index is 0.0351. The largest absolute Gasteiger partial charge is 0.391 e. The summed E-state index contributed by atoms with van der Waals surface area (Å²) in [6.45, 7) is 3.78. The first-order valence-electron chi connectivity index (χ1n) is 5.79. The number of rotatable bonds is 5. The summed E-state index contributed by atoms with van der Waals surface area (Å²) in [6.07, 6.45) is -0.802. The summed E-state index contributed by atoms with van der Waals surface area (Å²) in [4.78, 5) is 11.5. The van der Waals surface area contributed by atoms with E-state index in [0.29, 0.717) is 0 Å². The topological polar surface area (TPSA) is 49.3 Å². The second-order valence-electron chi connectivity index (χ2n) is 4.53. The number of aliphatic hydroxyl groups excluding tert-OH is 1. The highest BCUT2D eigenvalue weighted by Gasteiger charge is 2.12. The van der Waals surface area contributed by atoms with Gasteiger partial charge in [0.05, 0.1) is 12.5 Å². The Kier molecular flexibility index (Phi) is 5.22. The molecule has 0 heterocycles. The normalized spacial score (nSPS) is 12.6. The highest BCUT2D eigenvalue weighted by Crippen LogP contribution is 2.10. The fourth-order valence-corrected chi connectivity index (χ4v) is 1.35. The van der Waals surface area contributed by atoms with Crippen LogP contribution in [0.4, 0.5) is 8.78 Å². The van der Waals surface area contributed by atoms with Crippen LogP contribution in [0.5, 0.6) is 0 Å². The summed E-state index contributed by atoms with van der Waals surface area (Å²) in [7, 11) is 0. The van der Waals surface area contributed by atoms with Gasteiger partial charge in [-0.05, 0) is 17.5 Å². The SMILES string of the molecule is CC(C)C(O)CNC(=O)Cc1ccc(F)cc1F. The number of halogens is 2. The highest BCUT2D eigenvalue weighted by atomic mass is 19.1. The molecule has 0 aliphatic carbocycles. The molecule has 5 heteroatoms. The third-order valence-corrected chi connectivity index (χ3v) is 2.64. The van der Waals surface area contributed by atoms with Gasteiger partial charge < -0.3 is 10.4 Å². The summed E-state index contributed by atoms with van der Waals surface area (Å²) < 4.78 is 25.9. The van der Waals surface area contributed by atoms with Crippen LogP contribution in [0, 0.1) is 17.6 Å². The second kappa shape index (κ2) is 6.44. The molecule has 0 aromatic heterocycles. The molecule has 3 nitrogen and oxygen atoms in total. The average Bonchev–Trinajstić information content (AvgIpc) is 2.29. The van der Waals surface area contributed by atoms with Crippen LogP contribution in [0.15, 0.2) is 18.2 Å². The van der Waals surface area contributed by atoms with E-state index in [-0.39, 0.29) is 24.4 Å². The maximum atomic E-state index is 13.3. The van der Waals surface area contributed by atoms with Crippen LogP contribution in [0.25, 0.3) is 0 Å². The maximum Gasteiger partial charge on any atom is 0.224 e. The fourth-order valence-electron chi connectivity index (χ4n) is 1.35. The van der Waals surface area contributed by atoms with Crippen molar-refractivity contribution in [1.29, 1.82) is 0 Å². The van der Waals surface area contributed by atoms with Gasteiger partial charge in [0.15, 0.2) is 0 Å². The lowest BCUT2D eigenvalue weighted by molar-refractivity contribution is -0.121. The Morgan fingerprint density at radius 2 is 2.06 bits per heavy atom. The van der Waals surface area contributed by atoms with E-state index in [0.717, 1.165) is 12.1 Å². The Bertz CT molecular complexity index is 421. The van der Waals surface area contributed by atoms with E-state index in [1.54, 1.807) is 0 Å². The standard InChI is InChI=1S/C13H17F2NO2/c1-8(2)12(17)7-16-13(18)5-9-3-4-10(14)6-11(9)15/h3-4,6,8,12,17H,5,7H2,1-2H3,(H,16,18).